The maximum Gasteiger partial charge on any atom is 0.374 e. The molecule has 2 aromatic rings. The molecule has 5 heteroatoms. The summed E-state index contributed by atoms with van der Waals surface area (Å²) in [7, 11) is 1.96. The quantitative estimate of drug-likeness (QED) is 0.907. The van der Waals surface area contributed by atoms with Gasteiger partial charge in [-0.25, -0.2) is 14.8 Å². The number of aromatic nitrogens is 2. The molecule has 0 fully saturated rings. The number of benzene rings is 1. The molecule has 106 valence electrons. The summed E-state index contributed by atoms with van der Waals surface area (Å²) in [5.74, 6) is -0.576. The van der Waals surface area contributed by atoms with E-state index in [-0.39, 0.29) is 5.82 Å². The van der Waals surface area contributed by atoms with E-state index in [1.807, 2.05) is 31.3 Å². The highest BCUT2D eigenvalue weighted by Crippen LogP contribution is 2.25. The first-order valence-corrected chi connectivity index (χ1v) is 6.81. The third-order valence-electron chi connectivity index (χ3n) is 3.60. The Hall–Kier alpha value is -2.17. The molecule has 0 bridgehead atoms. The van der Waals surface area contributed by atoms with Crippen LogP contribution in [-0.2, 0) is 0 Å². The van der Waals surface area contributed by atoms with Gasteiger partial charge in [-0.1, -0.05) is 26.0 Å². The summed E-state index contributed by atoms with van der Waals surface area (Å²) in [6.07, 6.45) is 1.96. The number of hydrogen-bond acceptors (Lipinski definition) is 4. The summed E-state index contributed by atoms with van der Waals surface area (Å²) in [6.45, 7) is 4.23. The van der Waals surface area contributed by atoms with Crippen LogP contribution in [0.15, 0.2) is 24.3 Å². The topological polar surface area (TPSA) is 66.3 Å². The molecule has 0 aliphatic heterocycles. The number of carboxylic acids is 1. The predicted octanol–water partition coefficient (Wildman–Crippen LogP) is 2.95. The van der Waals surface area contributed by atoms with Crippen molar-refractivity contribution in [3.63, 3.8) is 0 Å². The van der Waals surface area contributed by atoms with Gasteiger partial charge in [-0.05, 0) is 25.0 Å². The summed E-state index contributed by atoms with van der Waals surface area (Å²) in [5.41, 5.74) is 0.660. The Balaban J connectivity index is 2.63. The Morgan fingerprint density at radius 1 is 1.25 bits per heavy atom. The number of hydrogen-bond donors (Lipinski definition) is 1. The molecule has 20 heavy (non-hydrogen) atoms. The van der Waals surface area contributed by atoms with Crippen molar-refractivity contribution in [2.45, 2.75) is 32.7 Å². The lowest BCUT2D eigenvalue weighted by atomic mass is 10.1. The van der Waals surface area contributed by atoms with E-state index in [9.17, 15) is 4.79 Å². The summed E-state index contributed by atoms with van der Waals surface area (Å²) in [4.78, 5) is 21.6. The van der Waals surface area contributed by atoms with Crippen molar-refractivity contribution in [3.05, 3.63) is 30.1 Å². The standard InChI is InChI=1S/C15H19N3O2/c1-4-10(5-2)18(3)14-11-8-6-7-9-12(11)16-13(17-14)15(19)20/h6-10H,4-5H2,1-3H3,(H,19,20). The van der Waals surface area contributed by atoms with Gasteiger partial charge in [0, 0.05) is 18.5 Å². The lowest BCUT2D eigenvalue weighted by Gasteiger charge is -2.28. The van der Waals surface area contributed by atoms with Crippen LogP contribution in [0.3, 0.4) is 0 Å². The molecule has 0 unspecified atom stereocenters. The van der Waals surface area contributed by atoms with Gasteiger partial charge in [0.2, 0.25) is 5.82 Å². The van der Waals surface area contributed by atoms with Gasteiger partial charge in [-0.2, -0.15) is 0 Å². The van der Waals surface area contributed by atoms with Crippen LogP contribution in [0.2, 0.25) is 0 Å². The molecular formula is C15H19N3O2. The fraction of sp³-hybridized carbons (Fsp3) is 0.400. The maximum absolute atomic E-state index is 11.2. The van der Waals surface area contributed by atoms with Crippen LogP contribution in [0.25, 0.3) is 10.9 Å². The van der Waals surface area contributed by atoms with E-state index in [2.05, 4.69) is 28.7 Å². The summed E-state index contributed by atoms with van der Waals surface area (Å²) in [6, 6.07) is 7.83. The van der Waals surface area contributed by atoms with Gasteiger partial charge in [-0.3, -0.25) is 0 Å². The van der Waals surface area contributed by atoms with Crippen molar-refractivity contribution in [1.82, 2.24) is 9.97 Å². The Morgan fingerprint density at radius 3 is 2.50 bits per heavy atom. The second kappa shape index (κ2) is 5.86. The Labute approximate surface area is 118 Å². The fourth-order valence-electron chi connectivity index (χ4n) is 2.43. The van der Waals surface area contributed by atoms with Crippen molar-refractivity contribution in [2.24, 2.45) is 0 Å². The monoisotopic (exact) mass is 273 g/mol. The smallest absolute Gasteiger partial charge is 0.374 e. The summed E-state index contributed by atoms with van der Waals surface area (Å²) in [5, 5.41) is 10.0. The molecule has 0 radical (unpaired) electrons. The molecule has 5 nitrogen and oxygen atoms in total. The average molecular weight is 273 g/mol. The Morgan fingerprint density at radius 2 is 1.90 bits per heavy atom. The van der Waals surface area contributed by atoms with Crippen LogP contribution >= 0.6 is 0 Å². The molecule has 2 rings (SSSR count). The van der Waals surface area contributed by atoms with Crippen LogP contribution in [0.4, 0.5) is 5.82 Å². The molecule has 1 aromatic carbocycles. The second-order valence-corrected chi connectivity index (χ2v) is 4.77. The number of para-hydroxylation sites is 1. The van der Waals surface area contributed by atoms with E-state index in [0.717, 1.165) is 18.2 Å². The SMILES string of the molecule is CCC(CC)N(C)c1nc(C(=O)O)nc2ccccc12. The van der Waals surface area contributed by atoms with Crippen LogP contribution in [0, 0.1) is 0 Å². The maximum atomic E-state index is 11.2. The van der Waals surface area contributed by atoms with Crippen molar-refractivity contribution >= 4 is 22.7 Å². The average Bonchev–Trinajstić information content (AvgIpc) is 2.47. The number of fused-ring (bicyclic) bond motifs is 1. The number of aromatic carboxylic acids is 1. The van der Waals surface area contributed by atoms with Crippen molar-refractivity contribution in [1.29, 1.82) is 0 Å². The van der Waals surface area contributed by atoms with Gasteiger partial charge in [0.1, 0.15) is 5.82 Å². The predicted molar refractivity (Wildman–Crippen MR) is 79.3 cm³/mol. The van der Waals surface area contributed by atoms with Gasteiger partial charge in [-0.15, -0.1) is 0 Å². The number of nitrogens with zero attached hydrogens (tertiary/aromatic N) is 3. The third-order valence-corrected chi connectivity index (χ3v) is 3.60. The van der Waals surface area contributed by atoms with E-state index in [1.54, 1.807) is 0 Å². The fourth-order valence-corrected chi connectivity index (χ4v) is 2.43. The number of anilines is 1. The first-order chi connectivity index (χ1) is 9.58. The molecule has 0 atom stereocenters. The zero-order chi connectivity index (χ0) is 14.7. The highest BCUT2D eigenvalue weighted by atomic mass is 16.4. The zero-order valence-electron chi connectivity index (χ0n) is 12.0. The Bertz CT molecular complexity index is 624. The largest absolute Gasteiger partial charge is 0.475 e. The minimum atomic E-state index is -1.10. The lowest BCUT2D eigenvalue weighted by molar-refractivity contribution is 0.0684. The minimum Gasteiger partial charge on any atom is -0.475 e. The molecule has 1 heterocycles. The highest BCUT2D eigenvalue weighted by Gasteiger charge is 2.19. The van der Waals surface area contributed by atoms with Gasteiger partial charge >= 0.3 is 5.97 Å². The number of carbonyl (C=O) groups is 1. The van der Waals surface area contributed by atoms with Gasteiger partial charge in [0.25, 0.3) is 0 Å². The molecule has 0 spiro atoms. The van der Waals surface area contributed by atoms with Gasteiger partial charge in [0.15, 0.2) is 0 Å². The minimum absolute atomic E-state index is 0.156. The first-order valence-electron chi connectivity index (χ1n) is 6.81. The highest BCUT2D eigenvalue weighted by molar-refractivity contribution is 5.93. The van der Waals surface area contributed by atoms with Crippen molar-refractivity contribution < 1.29 is 9.90 Å². The van der Waals surface area contributed by atoms with Crippen molar-refractivity contribution in [2.75, 3.05) is 11.9 Å². The van der Waals surface area contributed by atoms with Crippen LogP contribution in [-0.4, -0.2) is 34.1 Å². The summed E-state index contributed by atoms with van der Waals surface area (Å²) >= 11 is 0. The number of carboxylic acid groups (broad SMARTS) is 1. The Kier molecular flexibility index (Phi) is 4.17. The van der Waals surface area contributed by atoms with Gasteiger partial charge < -0.3 is 10.0 Å². The van der Waals surface area contributed by atoms with E-state index in [1.165, 1.54) is 0 Å². The van der Waals surface area contributed by atoms with Crippen LogP contribution in [0.1, 0.15) is 37.3 Å². The third kappa shape index (κ3) is 2.57. The van der Waals surface area contributed by atoms with Gasteiger partial charge in [0.05, 0.1) is 5.52 Å². The second-order valence-electron chi connectivity index (χ2n) is 4.77. The van der Waals surface area contributed by atoms with Crippen molar-refractivity contribution in [3.8, 4) is 0 Å². The van der Waals surface area contributed by atoms with E-state index < -0.39 is 5.97 Å². The molecule has 0 amide bonds. The van der Waals surface area contributed by atoms with Crippen LogP contribution in [0.5, 0.6) is 0 Å². The number of rotatable bonds is 5. The first kappa shape index (κ1) is 14.2. The van der Waals surface area contributed by atoms with E-state index >= 15 is 0 Å². The molecular weight excluding hydrogens is 254 g/mol. The lowest BCUT2D eigenvalue weighted by Crippen LogP contribution is -2.31. The molecule has 0 saturated carbocycles. The molecule has 1 N–H and O–H groups in total. The van der Waals surface area contributed by atoms with Crippen LogP contribution < -0.4 is 4.90 Å². The molecule has 0 saturated heterocycles. The zero-order valence-corrected chi connectivity index (χ0v) is 12.0. The van der Waals surface area contributed by atoms with E-state index in [4.69, 9.17) is 5.11 Å². The summed E-state index contributed by atoms with van der Waals surface area (Å²) < 4.78 is 0. The molecule has 1 aromatic heterocycles. The van der Waals surface area contributed by atoms with E-state index in [0.29, 0.717) is 17.4 Å². The normalized spacial score (nSPS) is 11.0. The molecule has 0 aliphatic carbocycles. The molecule has 0 aliphatic rings.